The number of aryl methyl sites for hydroxylation is 1. The van der Waals surface area contributed by atoms with Crippen molar-refractivity contribution in [3.8, 4) is 16.9 Å². The Bertz CT molecular complexity index is 747. The van der Waals surface area contributed by atoms with Crippen LogP contribution in [0.25, 0.3) is 11.1 Å². The second-order valence-electron chi connectivity index (χ2n) is 4.63. The highest BCUT2D eigenvalue weighted by atomic mass is 79.9. The van der Waals surface area contributed by atoms with Crippen LogP contribution in [0.1, 0.15) is 18.1 Å². The summed E-state index contributed by atoms with van der Waals surface area (Å²) in [6.45, 7) is 1.61. The molecular formula is C15H12BrF3O3P+. The van der Waals surface area contributed by atoms with Gasteiger partial charge in [-0.05, 0) is 24.1 Å². The van der Waals surface area contributed by atoms with Crippen LogP contribution in [0.15, 0.2) is 40.9 Å². The summed E-state index contributed by atoms with van der Waals surface area (Å²) >= 11 is 3.22. The molecule has 122 valence electrons. The molecule has 3 nitrogen and oxygen atoms in total. The molecule has 0 saturated heterocycles. The lowest BCUT2D eigenvalue weighted by Crippen LogP contribution is -2.12. The molecule has 1 N–H and O–H groups in total. The van der Waals surface area contributed by atoms with Gasteiger partial charge in [-0.2, -0.15) is 13.2 Å². The standard InChI is InChI=1S/C15H11BrF3O3P/c1-2-9-7-8-12(22-23(20)21)13(14(9)15(17,18)19)10-5-3-4-6-11(10)16/h3-8H,2H2,1H3/p+1. The van der Waals surface area contributed by atoms with Gasteiger partial charge in [-0.3, -0.25) is 0 Å². The fourth-order valence-corrected chi connectivity index (χ4v) is 3.14. The predicted octanol–water partition coefficient (Wildman–Crippen LogP) is 5.73. The number of alkyl halides is 3. The SMILES string of the molecule is CCc1ccc(O[P+](=O)O)c(-c2ccccc2Br)c1C(F)(F)F. The highest BCUT2D eigenvalue weighted by Crippen LogP contribution is 2.47. The molecule has 1 atom stereocenters. The Labute approximate surface area is 140 Å². The number of benzene rings is 2. The van der Waals surface area contributed by atoms with E-state index in [0.29, 0.717) is 4.47 Å². The van der Waals surface area contributed by atoms with E-state index in [1.54, 1.807) is 25.1 Å². The molecule has 0 saturated carbocycles. The molecule has 2 aromatic carbocycles. The number of hydrogen-bond acceptors (Lipinski definition) is 2. The van der Waals surface area contributed by atoms with Crippen LogP contribution in [-0.4, -0.2) is 4.89 Å². The number of halogens is 4. The minimum Gasteiger partial charge on any atom is -0.229 e. The normalized spacial score (nSPS) is 12.2. The fraction of sp³-hybridized carbons (Fsp3) is 0.200. The monoisotopic (exact) mass is 407 g/mol. The lowest BCUT2D eigenvalue weighted by atomic mass is 9.93. The van der Waals surface area contributed by atoms with Gasteiger partial charge < -0.3 is 0 Å². The molecule has 8 heteroatoms. The highest BCUT2D eigenvalue weighted by molar-refractivity contribution is 9.10. The second-order valence-corrected chi connectivity index (χ2v) is 6.15. The van der Waals surface area contributed by atoms with Crippen molar-refractivity contribution in [1.29, 1.82) is 0 Å². The van der Waals surface area contributed by atoms with Crippen LogP contribution < -0.4 is 4.52 Å². The topological polar surface area (TPSA) is 46.5 Å². The van der Waals surface area contributed by atoms with Gasteiger partial charge in [0.15, 0.2) is 5.75 Å². The van der Waals surface area contributed by atoms with E-state index >= 15 is 0 Å². The summed E-state index contributed by atoms with van der Waals surface area (Å²) in [5.74, 6) is -0.287. The Hall–Kier alpha value is -1.43. The minimum absolute atomic E-state index is 0.0868. The molecule has 0 heterocycles. The van der Waals surface area contributed by atoms with E-state index in [-0.39, 0.29) is 28.9 Å². The summed E-state index contributed by atoms with van der Waals surface area (Å²) in [5.41, 5.74) is -0.784. The van der Waals surface area contributed by atoms with Gasteiger partial charge >= 0.3 is 14.4 Å². The first-order valence-corrected chi connectivity index (χ1v) is 8.50. The van der Waals surface area contributed by atoms with Crippen molar-refractivity contribution in [2.75, 3.05) is 0 Å². The first kappa shape index (κ1) is 17.9. The fourth-order valence-electron chi connectivity index (χ4n) is 2.34. The summed E-state index contributed by atoms with van der Waals surface area (Å²) < 4.78 is 57.0. The quantitative estimate of drug-likeness (QED) is 0.658. The van der Waals surface area contributed by atoms with Gasteiger partial charge in [0.25, 0.3) is 0 Å². The molecule has 0 amide bonds. The number of rotatable bonds is 4. The molecule has 0 fully saturated rings. The molecule has 1 unspecified atom stereocenters. The first-order chi connectivity index (χ1) is 10.8. The van der Waals surface area contributed by atoms with Crippen molar-refractivity contribution in [1.82, 2.24) is 0 Å². The molecule has 0 radical (unpaired) electrons. The second kappa shape index (κ2) is 6.99. The van der Waals surface area contributed by atoms with E-state index in [9.17, 15) is 17.7 Å². The van der Waals surface area contributed by atoms with E-state index in [1.807, 2.05) is 0 Å². The number of hydrogen-bond donors (Lipinski definition) is 1. The van der Waals surface area contributed by atoms with E-state index in [2.05, 4.69) is 15.9 Å². The van der Waals surface area contributed by atoms with Crippen molar-refractivity contribution in [3.05, 3.63) is 52.0 Å². The Morgan fingerprint density at radius 3 is 2.39 bits per heavy atom. The molecule has 0 aliphatic rings. The smallest absolute Gasteiger partial charge is 0.229 e. The van der Waals surface area contributed by atoms with Gasteiger partial charge in [-0.25, -0.2) is 4.52 Å². The summed E-state index contributed by atoms with van der Waals surface area (Å²) in [6, 6.07) is 8.88. The van der Waals surface area contributed by atoms with E-state index in [4.69, 9.17) is 9.42 Å². The summed E-state index contributed by atoms with van der Waals surface area (Å²) in [4.78, 5) is 8.96. The van der Waals surface area contributed by atoms with Crippen LogP contribution in [0.3, 0.4) is 0 Å². The van der Waals surface area contributed by atoms with Crippen molar-refractivity contribution < 1.29 is 27.2 Å². The van der Waals surface area contributed by atoms with Crippen molar-refractivity contribution in [2.45, 2.75) is 19.5 Å². The summed E-state index contributed by atoms with van der Waals surface area (Å²) in [6.07, 6.45) is -4.46. The molecule has 0 aliphatic carbocycles. The zero-order valence-corrected chi connectivity index (χ0v) is 14.4. The largest absolute Gasteiger partial charge is 0.747 e. The van der Waals surface area contributed by atoms with Gasteiger partial charge in [-0.1, -0.05) is 47.1 Å². The van der Waals surface area contributed by atoms with E-state index in [1.165, 1.54) is 18.2 Å². The third-order valence-electron chi connectivity index (χ3n) is 3.24. The Morgan fingerprint density at radius 2 is 1.87 bits per heavy atom. The van der Waals surface area contributed by atoms with Crippen LogP contribution >= 0.6 is 24.2 Å². The van der Waals surface area contributed by atoms with E-state index < -0.39 is 20.0 Å². The maximum absolute atomic E-state index is 13.6. The average Bonchev–Trinajstić information content (AvgIpc) is 2.46. The van der Waals surface area contributed by atoms with Gasteiger partial charge in [0.2, 0.25) is 0 Å². The van der Waals surface area contributed by atoms with Gasteiger partial charge in [0.05, 0.1) is 5.56 Å². The average molecular weight is 408 g/mol. The van der Waals surface area contributed by atoms with Crippen molar-refractivity contribution >= 4 is 24.2 Å². The molecule has 2 rings (SSSR count). The maximum atomic E-state index is 13.6. The maximum Gasteiger partial charge on any atom is 0.747 e. The molecule has 2 aromatic rings. The molecule has 0 aromatic heterocycles. The summed E-state index contributed by atoms with van der Waals surface area (Å²) in [5, 5.41) is 0. The van der Waals surface area contributed by atoms with Crippen molar-refractivity contribution in [2.24, 2.45) is 0 Å². The molecular weight excluding hydrogens is 396 g/mol. The van der Waals surface area contributed by atoms with Crippen molar-refractivity contribution in [3.63, 3.8) is 0 Å². The zero-order valence-electron chi connectivity index (χ0n) is 11.9. The van der Waals surface area contributed by atoms with E-state index in [0.717, 1.165) is 0 Å². The Balaban J connectivity index is 2.88. The van der Waals surface area contributed by atoms with Crippen LogP contribution in [0.4, 0.5) is 13.2 Å². The Kier molecular flexibility index (Phi) is 5.45. The Morgan fingerprint density at radius 1 is 1.22 bits per heavy atom. The molecule has 23 heavy (non-hydrogen) atoms. The summed E-state index contributed by atoms with van der Waals surface area (Å²) in [7, 11) is -3.09. The third kappa shape index (κ3) is 3.91. The first-order valence-electron chi connectivity index (χ1n) is 6.57. The lowest BCUT2D eigenvalue weighted by molar-refractivity contribution is -0.137. The molecule has 0 aliphatic heterocycles. The molecule has 0 spiro atoms. The van der Waals surface area contributed by atoms with Gasteiger partial charge in [-0.15, -0.1) is 4.89 Å². The third-order valence-corrected chi connectivity index (χ3v) is 4.28. The van der Waals surface area contributed by atoms with Gasteiger partial charge in [0.1, 0.15) is 0 Å². The molecule has 0 bridgehead atoms. The van der Waals surface area contributed by atoms with Crippen LogP contribution in [-0.2, 0) is 17.2 Å². The zero-order chi connectivity index (χ0) is 17.2. The van der Waals surface area contributed by atoms with Crippen LogP contribution in [0, 0.1) is 0 Å². The minimum atomic E-state index is -4.63. The predicted molar refractivity (Wildman–Crippen MR) is 84.4 cm³/mol. The lowest BCUT2D eigenvalue weighted by Gasteiger charge is -2.19. The highest BCUT2D eigenvalue weighted by Gasteiger charge is 2.39. The van der Waals surface area contributed by atoms with Crippen LogP contribution in [0.2, 0.25) is 0 Å². The van der Waals surface area contributed by atoms with Gasteiger partial charge in [0, 0.05) is 20.2 Å². The van der Waals surface area contributed by atoms with Crippen LogP contribution in [0.5, 0.6) is 5.75 Å².